The fraction of sp³-hybridized carbons (Fsp3) is 0.389. The van der Waals surface area contributed by atoms with Gasteiger partial charge in [0.05, 0.1) is 18.1 Å². The Balaban J connectivity index is 1.59. The van der Waals surface area contributed by atoms with Crippen molar-refractivity contribution in [3.63, 3.8) is 0 Å². The quantitative estimate of drug-likeness (QED) is 0.680. The van der Waals surface area contributed by atoms with Gasteiger partial charge in [0.15, 0.2) is 5.65 Å². The number of hydrogen-bond acceptors (Lipinski definition) is 6. The second-order valence-electron chi connectivity index (χ2n) is 6.72. The standard InChI is InChI=1S/C18H19F3N6O/c1-25-5-7-26(8-6-25)16-15-10-24-27(17(15)23-12-22-16)11-13-3-2-4-14(9-13)28-18(19,20)21/h2-4,9-10,12H,5-8,11H2,1H3. The molecule has 7 nitrogen and oxygen atoms in total. The van der Waals surface area contributed by atoms with Crippen LogP contribution in [-0.4, -0.2) is 64.2 Å². The van der Waals surface area contributed by atoms with E-state index in [4.69, 9.17) is 0 Å². The summed E-state index contributed by atoms with van der Waals surface area (Å²) in [7, 11) is 2.08. The summed E-state index contributed by atoms with van der Waals surface area (Å²) in [4.78, 5) is 13.2. The van der Waals surface area contributed by atoms with Crippen LogP contribution in [0.4, 0.5) is 19.0 Å². The molecular formula is C18H19F3N6O. The molecule has 2 aromatic heterocycles. The zero-order valence-corrected chi connectivity index (χ0v) is 15.2. The van der Waals surface area contributed by atoms with E-state index in [0.29, 0.717) is 11.2 Å². The molecule has 28 heavy (non-hydrogen) atoms. The lowest BCUT2D eigenvalue weighted by molar-refractivity contribution is -0.274. The molecular weight excluding hydrogens is 373 g/mol. The lowest BCUT2D eigenvalue weighted by atomic mass is 10.2. The van der Waals surface area contributed by atoms with Crippen molar-refractivity contribution in [3.8, 4) is 5.75 Å². The zero-order valence-electron chi connectivity index (χ0n) is 15.2. The van der Waals surface area contributed by atoms with Gasteiger partial charge in [-0.2, -0.15) is 5.10 Å². The molecule has 0 amide bonds. The van der Waals surface area contributed by atoms with Crippen molar-refractivity contribution in [2.45, 2.75) is 12.9 Å². The first kappa shape index (κ1) is 18.5. The van der Waals surface area contributed by atoms with E-state index >= 15 is 0 Å². The average molecular weight is 392 g/mol. The van der Waals surface area contributed by atoms with Crippen LogP contribution in [-0.2, 0) is 6.54 Å². The van der Waals surface area contributed by atoms with Crippen molar-refractivity contribution < 1.29 is 17.9 Å². The van der Waals surface area contributed by atoms with Gasteiger partial charge in [0.2, 0.25) is 0 Å². The van der Waals surface area contributed by atoms with Crippen LogP contribution in [0, 0.1) is 0 Å². The van der Waals surface area contributed by atoms with Crippen LogP contribution in [0.1, 0.15) is 5.56 Å². The third-order valence-electron chi connectivity index (χ3n) is 4.68. The van der Waals surface area contributed by atoms with E-state index in [1.165, 1.54) is 24.5 Å². The van der Waals surface area contributed by atoms with Gasteiger partial charge in [0.1, 0.15) is 17.9 Å². The molecule has 1 saturated heterocycles. The summed E-state index contributed by atoms with van der Waals surface area (Å²) in [5.74, 6) is 0.577. The van der Waals surface area contributed by atoms with E-state index in [0.717, 1.165) is 37.4 Å². The van der Waals surface area contributed by atoms with E-state index < -0.39 is 6.36 Å². The van der Waals surface area contributed by atoms with Crippen molar-refractivity contribution in [1.29, 1.82) is 0 Å². The first-order chi connectivity index (χ1) is 13.4. The van der Waals surface area contributed by atoms with Gasteiger partial charge < -0.3 is 14.5 Å². The highest BCUT2D eigenvalue weighted by molar-refractivity contribution is 5.86. The monoisotopic (exact) mass is 392 g/mol. The SMILES string of the molecule is CN1CCN(c2ncnc3c2cnn3Cc2cccc(OC(F)(F)F)c2)CC1. The number of anilines is 1. The maximum Gasteiger partial charge on any atom is 0.573 e. The van der Waals surface area contributed by atoms with Gasteiger partial charge in [-0.25, -0.2) is 14.6 Å². The predicted octanol–water partition coefficient (Wildman–Crippen LogP) is 2.53. The molecule has 0 radical (unpaired) electrons. The number of piperazine rings is 1. The minimum Gasteiger partial charge on any atom is -0.406 e. The lowest BCUT2D eigenvalue weighted by Crippen LogP contribution is -2.44. The van der Waals surface area contributed by atoms with Crippen LogP contribution in [0.2, 0.25) is 0 Å². The maximum absolute atomic E-state index is 12.4. The zero-order chi connectivity index (χ0) is 19.7. The Morgan fingerprint density at radius 3 is 2.64 bits per heavy atom. The lowest BCUT2D eigenvalue weighted by Gasteiger charge is -2.33. The molecule has 1 fully saturated rings. The van der Waals surface area contributed by atoms with Gasteiger partial charge in [0, 0.05) is 26.2 Å². The Morgan fingerprint density at radius 1 is 1.11 bits per heavy atom. The Hall–Kier alpha value is -2.88. The van der Waals surface area contributed by atoms with E-state index in [-0.39, 0.29) is 12.3 Å². The second kappa shape index (κ2) is 7.27. The number of fused-ring (bicyclic) bond motifs is 1. The average Bonchev–Trinajstić information content (AvgIpc) is 3.04. The van der Waals surface area contributed by atoms with Crippen molar-refractivity contribution in [2.24, 2.45) is 0 Å². The van der Waals surface area contributed by atoms with Gasteiger partial charge in [-0.3, -0.25) is 0 Å². The summed E-state index contributed by atoms with van der Waals surface area (Å²) >= 11 is 0. The summed E-state index contributed by atoms with van der Waals surface area (Å²) in [5, 5.41) is 5.21. The van der Waals surface area contributed by atoms with Gasteiger partial charge in [-0.1, -0.05) is 12.1 Å². The smallest absolute Gasteiger partial charge is 0.406 e. The number of benzene rings is 1. The number of ether oxygens (including phenoxy) is 1. The van der Waals surface area contributed by atoms with Crippen LogP contribution in [0.5, 0.6) is 5.75 Å². The topological polar surface area (TPSA) is 59.3 Å². The predicted molar refractivity (Wildman–Crippen MR) is 97.3 cm³/mol. The van der Waals surface area contributed by atoms with Crippen molar-refractivity contribution in [2.75, 3.05) is 38.1 Å². The molecule has 0 saturated carbocycles. The highest BCUT2D eigenvalue weighted by Crippen LogP contribution is 2.26. The Labute approximate surface area is 159 Å². The van der Waals surface area contributed by atoms with Crippen molar-refractivity contribution in [3.05, 3.63) is 42.4 Å². The first-order valence-electron chi connectivity index (χ1n) is 8.84. The minimum absolute atomic E-state index is 0.255. The van der Waals surface area contributed by atoms with Gasteiger partial charge in [-0.05, 0) is 24.7 Å². The Kier molecular flexibility index (Phi) is 4.80. The molecule has 10 heteroatoms. The van der Waals surface area contributed by atoms with Crippen LogP contribution >= 0.6 is 0 Å². The fourth-order valence-electron chi connectivity index (χ4n) is 3.28. The first-order valence-corrected chi connectivity index (χ1v) is 8.84. The largest absolute Gasteiger partial charge is 0.573 e. The Bertz CT molecular complexity index is 965. The molecule has 0 bridgehead atoms. The third kappa shape index (κ3) is 4.01. The molecule has 0 atom stereocenters. The van der Waals surface area contributed by atoms with Crippen molar-refractivity contribution >= 4 is 16.9 Å². The molecule has 1 aliphatic heterocycles. The van der Waals surface area contributed by atoms with Crippen LogP contribution in [0.3, 0.4) is 0 Å². The molecule has 0 unspecified atom stereocenters. The molecule has 4 rings (SSSR count). The summed E-state index contributed by atoms with van der Waals surface area (Å²) in [6, 6.07) is 5.86. The number of hydrogen-bond donors (Lipinski definition) is 0. The minimum atomic E-state index is -4.72. The molecule has 0 aliphatic carbocycles. The molecule has 0 spiro atoms. The van der Waals surface area contributed by atoms with E-state index in [1.807, 2.05) is 0 Å². The molecule has 1 aromatic carbocycles. The number of halogens is 3. The molecule has 3 heterocycles. The number of nitrogens with zero attached hydrogens (tertiary/aromatic N) is 6. The molecule has 148 valence electrons. The number of aromatic nitrogens is 4. The Morgan fingerprint density at radius 2 is 1.89 bits per heavy atom. The van der Waals surface area contributed by atoms with Gasteiger partial charge in [0.25, 0.3) is 0 Å². The van der Waals surface area contributed by atoms with Gasteiger partial charge >= 0.3 is 6.36 Å². The summed E-state index contributed by atoms with van der Waals surface area (Å²) in [5.41, 5.74) is 1.28. The van der Waals surface area contributed by atoms with Gasteiger partial charge in [-0.15, -0.1) is 13.2 Å². The van der Waals surface area contributed by atoms with Crippen LogP contribution in [0.25, 0.3) is 11.0 Å². The second-order valence-corrected chi connectivity index (χ2v) is 6.72. The van der Waals surface area contributed by atoms with Crippen LogP contribution in [0.15, 0.2) is 36.8 Å². The highest BCUT2D eigenvalue weighted by atomic mass is 19.4. The van der Waals surface area contributed by atoms with E-state index in [9.17, 15) is 13.2 Å². The number of alkyl halides is 3. The molecule has 1 aliphatic rings. The third-order valence-corrected chi connectivity index (χ3v) is 4.68. The summed E-state index contributed by atoms with van der Waals surface area (Å²) in [6.45, 7) is 3.91. The highest BCUT2D eigenvalue weighted by Gasteiger charge is 2.31. The molecule has 0 N–H and O–H groups in total. The fourth-order valence-corrected chi connectivity index (χ4v) is 3.28. The normalized spacial score (nSPS) is 15.9. The number of rotatable bonds is 4. The van der Waals surface area contributed by atoms with E-state index in [1.54, 1.807) is 16.9 Å². The van der Waals surface area contributed by atoms with E-state index in [2.05, 4.69) is 36.7 Å². The number of likely N-dealkylation sites (N-methyl/N-ethyl adjacent to an activating group) is 1. The van der Waals surface area contributed by atoms with Crippen LogP contribution < -0.4 is 9.64 Å². The maximum atomic E-state index is 12.4. The summed E-state index contributed by atoms with van der Waals surface area (Å²) < 4.78 is 43.0. The van der Waals surface area contributed by atoms with Crippen molar-refractivity contribution in [1.82, 2.24) is 24.6 Å². The summed E-state index contributed by atoms with van der Waals surface area (Å²) in [6.07, 6.45) is -1.52. The molecule has 3 aromatic rings.